The number of aromatic amines is 1. The molecule has 6 fully saturated rings. The van der Waals surface area contributed by atoms with E-state index in [-0.39, 0.29) is 59.7 Å². The molecule has 8 atom stereocenters. The molecule has 3 saturated heterocycles. The molecule has 1 N–H and O–H groups in total. The molecule has 3 saturated carbocycles. The number of ether oxygens (including phenoxy) is 3. The van der Waals surface area contributed by atoms with Crippen LogP contribution >= 0.6 is 11.6 Å². The lowest BCUT2D eigenvalue weighted by atomic mass is 9.80. The van der Waals surface area contributed by atoms with Gasteiger partial charge in [-0.05, 0) is 62.1 Å². The molecule has 7 aliphatic heterocycles. The smallest absolute Gasteiger partial charge is 0.461 e. The minimum absolute atomic E-state index is 0.00307. The SMILES string of the molecule is O=C1OC[C@@H]2C[C@@H]2c2c(Cl)cc3[nH]ncc3c2-c2ncc3c(nc(OC[C@@]45CCCN4C[C@H](F)C5)nc3c2F)N2CCC3[C@@H]4[C@H](C[C@]34C2)O1. The van der Waals surface area contributed by atoms with Crippen LogP contribution in [-0.2, 0) is 9.47 Å². The van der Waals surface area contributed by atoms with Crippen molar-refractivity contribution in [3.05, 3.63) is 34.9 Å². The number of aromatic nitrogens is 5. The van der Waals surface area contributed by atoms with Gasteiger partial charge in [0.2, 0.25) is 0 Å². The van der Waals surface area contributed by atoms with Crippen molar-refractivity contribution >= 4 is 45.4 Å². The molecule has 11 nitrogen and oxygen atoms in total. The lowest BCUT2D eigenvalue weighted by Crippen LogP contribution is -2.45. The average molecular weight is 690 g/mol. The molecule has 10 aliphatic rings. The number of alkyl halides is 1. The Labute approximate surface area is 284 Å². The second-order valence-electron chi connectivity index (χ2n) is 15.5. The first-order valence-electron chi connectivity index (χ1n) is 17.4. The number of pyridine rings is 1. The van der Waals surface area contributed by atoms with E-state index >= 15 is 4.39 Å². The molecule has 14 heteroatoms. The van der Waals surface area contributed by atoms with E-state index < -0.39 is 23.7 Å². The summed E-state index contributed by atoms with van der Waals surface area (Å²) in [6.07, 6.45) is 6.23. The summed E-state index contributed by atoms with van der Waals surface area (Å²) in [6.45, 7) is 3.07. The van der Waals surface area contributed by atoms with Crippen molar-refractivity contribution in [3.63, 3.8) is 0 Å². The van der Waals surface area contributed by atoms with Gasteiger partial charge in [0.05, 0.1) is 29.2 Å². The van der Waals surface area contributed by atoms with Gasteiger partial charge in [-0.25, -0.2) is 13.6 Å². The Morgan fingerprint density at radius 2 is 2.10 bits per heavy atom. The van der Waals surface area contributed by atoms with Gasteiger partial charge in [-0.2, -0.15) is 15.1 Å². The molecular formula is C35H34ClF2N7O4. The van der Waals surface area contributed by atoms with Crippen LogP contribution in [0.15, 0.2) is 18.5 Å². The molecule has 49 heavy (non-hydrogen) atoms. The van der Waals surface area contributed by atoms with E-state index in [9.17, 15) is 9.18 Å². The molecule has 0 amide bonds. The zero-order valence-corrected chi connectivity index (χ0v) is 27.4. The van der Waals surface area contributed by atoms with E-state index in [1.165, 1.54) is 0 Å². The van der Waals surface area contributed by atoms with Crippen molar-refractivity contribution < 1.29 is 27.8 Å². The number of carbonyl (C=O) groups is 1. The van der Waals surface area contributed by atoms with Gasteiger partial charge in [0.1, 0.15) is 35.9 Å². The van der Waals surface area contributed by atoms with Crippen LogP contribution in [0, 0.1) is 29.0 Å². The number of nitrogens with one attached hydrogen (secondary N) is 1. The Bertz CT molecular complexity index is 2100. The average Bonchev–Trinajstić information content (AvgIpc) is 3.69. The summed E-state index contributed by atoms with van der Waals surface area (Å²) in [4.78, 5) is 31.6. The summed E-state index contributed by atoms with van der Waals surface area (Å²) in [7, 11) is 0. The summed E-state index contributed by atoms with van der Waals surface area (Å²) in [5.41, 5.74) is 1.77. The molecule has 4 aromatic rings. The number of benzene rings is 1. The lowest BCUT2D eigenvalue weighted by molar-refractivity contribution is -0.0299. The molecule has 1 aromatic carbocycles. The van der Waals surface area contributed by atoms with Gasteiger partial charge >= 0.3 is 12.2 Å². The van der Waals surface area contributed by atoms with Gasteiger partial charge in [0, 0.05) is 65.5 Å². The standard InChI is InChI=1S/C35H34ClF2N7O4/c36-22-7-23-19(11-40-43-23)26-25(22)18-6-16(18)13-47-33(46)49-24-9-35-14-44(5-2-21(35)27(24)35)31-20-10-39-30(26)28(38)29(20)41-32(42-31)48-15-34-3-1-4-45(34)12-17(37)8-34/h7,10-11,16-18,21,24,27H,1-6,8-9,12-15H2,(H,40,43)/t16-,17+,18-,21?,24-,27+,34-,35-/m0/s1. The number of hydrogen-bond donors (Lipinski definition) is 1. The maximum Gasteiger partial charge on any atom is 0.508 e. The van der Waals surface area contributed by atoms with Crippen LogP contribution in [0.4, 0.5) is 19.4 Å². The molecule has 14 rings (SSSR count). The van der Waals surface area contributed by atoms with Crippen molar-refractivity contribution in [1.29, 1.82) is 0 Å². The fourth-order valence-electron chi connectivity index (χ4n) is 10.6. The van der Waals surface area contributed by atoms with E-state index in [0.717, 1.165) is 37.8 Å². The predicted molar refractivity (Wildman–Crippen MR) is 174 cm³/mol. The molecule has 10 heterocycles. The zero-order valence-electron chi connectivity index (χ0n) is 26.6. The van der Waals surface area contributed by atoms with Crippen LogP contribution in [-0.4, -0.2) is 93.4 Å². The molecule has 0 radical (unpaired) electrons. The fourth-order valence-corrected chi connectivity index (χ4v) is 11.0. The van der Waals surface area contributed by atoms with Crippen LogP contribution in [0.1, 0.15) is 50.0 Å². The van der Waals surface area contributed by atoms with E-state index in [2.05, 4.69) is 20.0 Å². The summed E-state index contributed by atoms with van der Waals surface area (Å²) in [5.74, 6) is 0.628. The number of piperidine rings is 1. The number of halogens is 3. The Balaban J connectivity index is 1.08. The number of hydrogen-bond acceptors (Lipinski definition) is 10. The third-order valence-electron chi connectivity index (χ3n) is 13.0. The van der Waals surface area contributed by atoms with E-state index in [1.807, 2.05) is 0 Å². The van der Waals surface area contributed by atoms with Crippen LogP contribution in [0.3, 0.4) is 0 Å². The van der Waals surface area contributed by atoms with Gasteiger partial charge in [-0.1, -0.05) is 11.6 Å². The summed E-state index contributed by atoms with van der Waals surface area (Å²) < 4.78 is 49.7. The minimum atomic E-state index is -0.898. The number of fused-ring (bicyclic) bond motifs is 2. The molecule has 1 unspecified atom stereocenters. The number of rotatable bonds is 3. The monoisotopic (exact) mass is 689 g/mol. The highest BCUT2D eigenvalue weighted by Gasteiger charge is 2.77. The fraction of sp³-hybridized carbons (Fsp3) is 0.571. The quantitative estimate of drug-likeness (QED) is 0.265. The largest absolute Gasteiger partial charge is 0.508 e. The first-order valence-corrected chi connectivity index (χ1v) is 17.8. The molecule has 254 valence electrons. The second kappa shape index (κ2) is 9.90. The number of nitrogens with zero attached hydrogens (tertiary/aromatic N) is 6. The topological polar surface area (TPSA) is 119 Å². The van der Waals surface area contributed by atoms with Crippen molar-refractivity contribution in [2.24, 2.45) is 23.2 Å². The predicted octanol–water partition coefficient (Wildman–Crippen LogP) is 5.80. The van der Waals surface area contributed by atoms with Crippen LogP contribution in [0.2, 0.25) is 5.02 Å². The number of H-pyrrole nitrogens is 1. The lowest BCUT2D eigenvalue weighted by Gasteiger charge is -2.39. The van der Waals surface area contributed by atoms with Gasteiger partial charge < -0.3 is 19.1 Å². The van der Waals surface area contributed by atoms with Gasteiger partial charge in [-0.3, -0.25) is 15.0 Å². The Kier molecular flexibility index (Phi) is 5.85. The van der Waals surface area contributed by atoms with E-state index in [4.69, 9.17) is 40.8 Å². The summed E-state index contributed by atoms with van der Waals surface area (Å²) in [6, 6.07) is 1.87. The maximum atomic E-state index is 17.3. The highest BCUT2D eigenvalue weighted by molar-refractivity contribution is 6.33. The first-order chi connectivity index (χ1) is 23.8. The number of carbonyl (C=O) groups excluding carboxylic acids is 1. The van der Waals surface area contributed by atoms with Crippen LogP contribution in [0.25, 0.3) is 33.1 Å². The molecule has 7 bridgehead atoms. The van der Waals surface area contributed by atoms with Crippen molar-refractivity contribution in [1.82, 2.24) is 30.0 Å². The van der Waals surface area contributed by atoms with Gasteiger partial charge in [-0.15, -0.1) is 0 Å². The minimum Gasteiger partial charge on any atom is -0.461 e. The van der Waals surface area contributed by atoms with Crippen molar-refractivity contribution in [2.75, 3.05) is 44.3 Å². The Hall–Kier alpha value is -3.84. The summed E-state index contributed by atoms with van der Waals surface area (Å²) >= 11 is 6.93. The molecular weight excluding hydrogens is 656 g/mol. The van der Waals surface area contributed by atoms with Crippen LogP contribution < -0.4 is 9.64 Å². The summed E-state index contributed by atoms with van der Waals surface area (Å²) in [5, 5.41) is 8.84. The van der Waals surface area contributed by atoms with E-state index in [0.29, 0.717) is 71.1 Å². The Morgan fingerprint density at radius 1 is 1.18 bits per heavy atom. The Morgan fingerprint density at radius 3 is 3.02 bits per heavy atom. The van der Waals surface area contributed by atoms with Crippen LogP contribution in [0.5, 0.6) is 6.01 Å². The van der Waals surface area contributed by atoms with E-state index in [1.54, 1.807) is 18.5 Å². The molecule has 3 aliphatic carbocycles. The zero-order chi connectivity index (χ0) is 32.8. The van der Waals surface area contributed by atoms with Gasteiger partial charge in [0.25, 0.3) is 0 Å². The maximum absolute atomic E-state index is 17.3. The highest BCUT2D eigenvalue weighted by atomic mass is 35.5. The van der Waals surface area contributed by atoms with Crippen molar-refractivity contribution in [2.45, 2.75) is 62.3 Å². The first kappa shape index (κ1) is 28.9. The second-order valence-corrected chi connectivity index (χ2v) is 15.9. The van der Waals surface area contributed by atoms with Crippen molar-refractivity contribution in [3.8, 4) is 17.3 Å². The highest BCUT2D eigenvalue weighted by Crippen LogP contribution is 2.75. The third kappa shape index (κ3) is 4.05. The normalized spacial score (nSPS) is 35.7. The number of anilines is 1. The molecule has 1 spiro atoms. The molecule has 3 aromatic heterocycles. The third-order valence-corrected chi connectivity index (χ3v) is 13.3. The van der Waals surface area contributed by atoms with Gasteiger partial charge in [0.15, 0.2) is 5.82 Å².